The number of benzene rings is 1. The number of fused-ring (bicyclic) bond motifs is 1. The van der Waals surface area contributed by atoms with Crippen LogP contribution in [0.3, 0.4) is 0 Å². The predicted molar refractivity (Wildman–Crippen MR) is 119 cm³/mol. The summed E-state index contributed by atoms with van der Waals surface area (Å²) in [4.78, 5) is 26.4. The molecule has 0 unspecified atom stereocenters. The number of ether oxygens (including phenoxy) is 3. The normalized spacial score (nSPS) is 12.6. The van der Waals surface area contributed by atoms with Crippen molar-refractivity contribution in [3.8, 4) is 17.6 Å². The lowest BCUT2D eigenvalue weighted by Crippen LogP contribution is -2.16. The number of thiophene rings is 1. The van der Waals surface area contributed by atoms with Crippen LogP contribution in [0.25, 0.3) is 6.08 Å². The van der Waals surface area contributed by atoms with Gasteiger partial charge in [-0.3, -0.25) is 4.79 Å². The van der Waals surface area contributed by atoms with E-state index in [1.54, 1.807) is 25.1 Å². The van der Waals surface area contributed by atoms with Crippen LogP contribution in [0.1, 0.15) is 46.6 Å². The number of carbonyl (C=O) groups is 2. The van der Waals surface area contributed by atoms with E-state index >= 15 is 0 Å². The summed E-state index contributed by atoms with van der Waals surface area (Å²) in [5, 5.41) is 12.7. The van der Waals surface area contributed by atoms with Crippen LogP contribution in [0.15, 0.2) is 23.8 Å². The molecule has 2 aromatic rings. The fourth-order valence-electron chi connectivity index (χ4n) is 3.45. The van der Waals surface area contributed by atoms with Gasteiger partial charge in [-0.15, -0.1) is 11.3 Å². The van der Waals surface area contributed by atoms with E-state index in [9.17, 15) is 14.9 Å². The van der Waals surface area contributed by atoms with Gasteiger partial charge in [-0.25, -0.2) is 4.79 Å². The quantitative estimate of drug-likeness (QED) is 0.372. The zero-order valence-corrected chi connectivity index (χ0v) is 18.6. The summed E-state index contributed by atoms with van der Waals surface area (Å²) in [5.74, 6) is 0.0571. The Morgan fingerprint density at radius 3 is 2.71 bits per heavy atom. The average molecular weight is 441 g/mol. The second kappa shape index (κ2) is 10.1. The van der Waals surface area contributed by atoms with E-state index in [1.165, 1.54) is 24.5 Å². The molecule has 0 radical (unpaired) electrons. The van der Waals surface area contributed by atoms with Crippen molar-refractivity contribution in [1.29, 1.82) is 5.26 Å². The molecular formula is C23H24N2O5S. The number of esters is 1. The molecule has 1 heterocycles. The van der Waals surface area contributed by atoms with Crippen LogP contribution in [0.4, 0.5) is 5.00 Å². The molecule has 8 heteroatoms. The van der Waals surface area contributed by atoms with Crippen LogP contribution in [0.5, 0.6) is 11.5 Å². The Bertz CT molecular complexity index is 1060. The molecule has 1 N–H and O–H groups in total. The number of aryl methyl sites for hydroxylation is 1. The Labute approximate surface area is 185 Å². The number of nitriles is 1. The van der Waals surface area contributed by atoms with Gasteiger partial charge >= 0.3 is 5.97 Å². The zero-order valence-electron chi connectivity index (χ0n) is 17.7. The summed E-state index contributed by atoms with van der Waals surface area (Å²) in [7, 11) is 1.52. The lowest BCUT2D eigenvalue weighted by atomic mass is 10.1. The SMILES string of the molecule is CCOC(=O)c1c(NC(=O)/C(C#N)=C/c2ccc(OCC)c(OC)c2)sc2c1CCC2. The molecule has 0 aliphatic heterocycles. The molecule has 1 aromatic carbocycles. The van der Waals surface area contributed by atoms with Crippen LogP contribution >= 0.6 is 11.3 Å². The molecule has 0 saturated heterocycles. The minimum Gasteiger partial charge on any atom is -0.493 e. The van der Waals surface area contributed by atoms with Crippen molar-refractivity contribution in [2.24, 2.45) is 0 Å². The van der Waals surface area contributed by atoms with Crippen LogP contribution in [0.2, 0.25) is 0 Å². The van der Waals surface area contributed by atoms with Crippen molar-refractivity contribution in [2.45, 2.75) is 33.1 Å². The van der Waals surface area contributed by atoms with Gasteiger partial charge in [-0.1, -0.05) is 6.07 Å². The Hall–Kier alpha value is -3.31. The number of rotatable bonds is 8. The number of carbonyl (C=O) groups excluding carboxylic acids is 2. The highest BCUT2D eigenvalue weighted by atomic mass is 32.1. The van der Waals surface area contributed by atoms with Gasteiger partial charge in [0.25, 0.3) is 5.91 Å². The number of anilines is 1. The molecule has 31 heavy (non-hydrogen) atoms. The van der Waals surface area contributed by atoms with Crippen LogP contribution in [-0.4, -0.2) is 32.2 Å². The van der Waals surface area contributed by atoms with Crippen molar-refractivity contribution in [1.82, 2.24) is 0 Å². The van der Waals surface area contributed by atoms with Crippen molar-refractivity contribution in [2.75, 3.05) is 25.6 Å². The highest BCUT2D eigenvalue weighted by Crippen LogP contribution is 2.39. The lowest BCUT2D eigenvalue weighted by Gasteiger charge is -2.10. The van der Waals surface area contributed by atoms with Gasteiger partial charge in [0.15, 0.2) is 11.5 Å². The molecule has 0 spiro atoms. The number of hydrogen-bond donors (Lipinski definition) is 1. The summed E-state index contributed by atoms with van der Waals surface area (Å²) in [6, 6.07) is 7.09. The fraction of sp³-hybridized carbons (Fsp3) is 0.348. The number of nitrogens with zero attached hydrogens (tertiary/aromatic N) is 1. The number of methoxy groups -OCH3 is 1. The minimum absolute atomic E-state index is 0.0884. The Morgan fingerprint density at radius 2 is 2.03 bits per heavy atom. The third kappa shape index (κ3) is 4.89. The monoisotopic (exact) mass is 440 g/mol. The van der Waals surface area contributed by atoms with Crippen LogP contribution < -0.4 is 14.8 Å². The number of hydrogen-bond acceptors (Lipinski definition) is 7. The summed E-state index contributed by atoms with van der Waals surface area (Å²) in [6.45, 7) is 4.35. The van der Waals surface area contributed by atoms with Gasteiger partial charge in [0.2, 0.25) is 0 Å². The van der Waals surface area contributed by atoms with Crippen LogP contribution in [-0.2, 0) is 22.4 Å². The number of nitrogens with one attached hydrogen (secondary N) is 1. The Morgan fingerprint density at radius 1 is 1.23 bits per heavy atom. The summed E-state index contributed by atoms with van der Waals surface area (Å²) in [5.41, 5.74) is 1.88. The maximum absolute atomic E-state index is 12.8. The summed E-state index contributed by atoms with van der Waals surface area (Å²) < 4.78 is 16.0. The third-order valence-electron chi connectivity index (χ3n) is 4.79. The maximum atomic E-state index is 12.8. The molecule has 162 valence electrons. The topological polar surface area (TPSA) is 97.7 Å². The second-order valence-electron chi connectivity index (χ2n) is 6.75. The van der Waals surface area contributed by atoms with Gasteiger partial charge in [-0.2, -0.15) is 5.26 Å². The third-order valence-corrected chi connectivity index (χ3v) is 6.00. The van der Waals surface area contributed by atoms with Crippen molar-refractivity contribution in [3.05, 3.63) is 45.3 Å². The first-order valence-corrected chi connectivity index (χ1v) is 10.9. The molecule has 0 bridgehead atoms. The standard InChI is InChI=1S/C23H24N2O5S/c1-4-29-17-10-9-14(12-18(17)28-3)11-15(13-24)21(26)25-22-20(23(27)30-5-2)16-7-6-8-19(16)31-22/h9-12H,4-8H2,1-3H3,(H,25,26)/b15-11+. The fourth-order valence-corrected chi connectivity index (χ4v) is 4.72. The maximum Gasteiger partial charge on any atom is 0.341 e. The first-order valence-electron chi connectivity index (χ1n) is 10.1. The van der Waals surface area contributed by atoms with E-state index in [-0.39, 0.29) is 12.2 Å². The first kappa shape index (κ1) is 22.4. The van der Waals surface area contributed by atoms with E-state index in [1.807, 2.05) is 13.0 Å². The van der Waals surface area contributed by atoms with Gasteiger partial charge in [0.05, 0.1) is 25.9 Å². The molecule has 7 nitrogen and oxygen atoms in total. The van der Waals surface area contributed by atoms with Gasteiger partial charge in [-0.05, 0) is 62.4 Å². The smallest absolute Gasteiger partial charge is 0.341 e. The highest BCUT2D eigenvalue weighted by Gasteiger charge is 2.28. The zero-order chi connectivity index (χ0) is 22.4. The largest absolute Gasteiger partial charge is 0.493 e. The van der Waals surface area contributed by atoms with Crippen molar-refractivity contribution in [3.63, 3.8) is 0 Å². The molecule has 3 rings (SSSR count). The van der Waals surface area contributed by atoms with E-state index in [0.29, 0.717) is 34.2 Å². The molecule has 1 aromatic heterocycles. The molecule has 0 saturated carbocycles. The van der Waals surface area contributed by atoms with Gasteiger partial charge in [0, 0.05) is 4.88 Å². The average Bonchev–Trinajstić information content (AvgIpc) is 3.33. The number of amides is 1. The molecule has 0 atom stereocenters. The Kier molecular flexibility index (Phi) is 7.32. The predicted octanol–water partition coefficient (Wildman–Crippen LogP) is 4.37. The summed E-state index contributed by atoms with van der Waals surface area (Å²) >= 11 is 1.37. The Balaban J connectivity index is 1.87. The highest BCUT2D eigenvalue weighted by molar-refractivity contribution is 7.17. The minimum atomic E-state index is -0.583. The van der Waals surface area contributed by atoms with E-state index < -0.39 is 11.9 Å². The van der Waals surface area contributed by atoms with Crippen molar-refractivity contribution >= 4 is 34.3 Å². The molecule has 1 amide bonds. The second-order valence-corrected chi connectivity index (χ2v) is 7.85. The molecule has 1 aliphatic carbocycles. The molecule has 1 aliphatic rings. The molecular weight excluding hydrogens is 416 g/mol. The van der Waals surface area contributed by atoms with E-state index in [4.69, 9.17) is 14.2 Å². The van der Waals surface area contributed by atoms with Crippen LogP contribution in [0, 0.1) is 11.3 Å². The first-order chi connectivity index (χ1) is 15.0. The lowest BCUT2D eigenvalue weighted by molar-refractivity contribution is -0.112. The van der Waals surface area contributed by atoms with Gasteiger partial charge < -0.3 is 19.5 Å². The molecule has 0 fully saturated rings. The summed E-state index contributed by atoms with van der Waals surface area (Å²) in [6.07, 6.45) is 4.10. The van der Waals surface area contributed by atoms with E-state index in [0.717, 1.165) is 29.7 Å². The van der Waals surface area contributed by atoms with Crippen molar-refractivity contribution < 1.29 is 23.8 Å². The van der Waals surface area contributed by atoms with Gasteiger partial charge in [0.1, 0.15) is 16.6 Å². The van der Waals surface area contributed by atoms with E-state index in [2.05, 4.69) is 5.32 Å².